The van der Waals surface area contributed by atoms with Gasteiger partial charge in [-0.25, -0.2) is 9.59 Å². The first-order valence-corrected chi connectivity index (χ1v) is 6.81. The van der Waals surface area contributed by atoms with Gasteiger partial charge >= 0.3 is 12.1 Å². The molecular weight excluding hydrogens is 242 g/mol. The SMILES string of the molecule is CCC1SCC(C(=O)O)N1C(=O)OCC(C)C. The number of carbonyl (C=O) groups is 2. The number of carboxylic acid groups (broad SMARTS) is 1. The van der Waals surface area contributed by atoms with Crippen molar-refractivity contribution < 1.29 is 19.4 Å². The molecule has 1 fully saturated rings. The molecule has 0 aromatic carbocycles. The molecule has 0 radical (unpaired) electrons. The first kappa shape index (κ1) is 14.2. The molecule has 1 aliphatic rings. The van der Waals surface area contributed by atoms with E-state index in [1.165, 1.54) is 16.7 Å². The van der Waals surface area contributed by atoms with E-state index in [2.05, 4.69) is 0 Å². The molecule has 0 bridgehead atoms. The summed E-state index contributed by atoms with van der Waals surface area (Å²) in [5, 5.41) is 8.97. The van der Waals surface area contributed by atoms with Gasteiger partial charge in [0.05, 0.1) is 12.0 Å². The Morgan fingerprint density at radius 1 is 1.53 bits per heavy atom. The van der Waals surface area contributed by atoms with Crippen LogP contribution in [-0.2, 0) is 9.53 Å². The lowest BCUT2D eigenvalue weighted by Crippen LogP contribution is -2.45. The average Bonchev–Trinajstić information content (AvgIpc) is 2.69. The van der Waals surface area contributed by atoms with Gasteiger partial charge in [0.2, 0.25) is 0 Å². The van der Waals surface area contributed by atoms with E-state index in [4.69, 9.17) is 9.84 Å². The number of aliphatic carboxylic acids is 1. The monoisotopic (exact) mass is 261 g/mol. The van der Waals surface area contributed by atoms with Crippen LogP contribution in [0, 0.1) is 5.92 Å². The van der Waals surface area contributed by atoms with Gasteiger partial charge < -0.3 is 9.84 Å². The molecule has 17 heavy (non-hydrogen) atoms. The molecule has 5 nitrogen and oxygen atoms in total. The van der Waals surface area contributed by atoms with Crippen LogP contribution in [0.3, 0.4) is 0 Å². The van der Waals surface area contributed by atoms with Crippen molar-refractivity contribution in [1.29, 1.82) is 0 Å². The summed E-state index contributed by atoms with van der Waals surface area (Å²) in [6.45, 7) is 6.14. The highest BCUT2D eigenvalue weighted by atomic mass is 32.2. The van der Waals surface area contributed by atoms with Crippen molar-refractivity contribution >= 4 is 23.8 Å². The number of rotatable bonds is 4. The molecule has 1 rings (SSSR count). The number of thioether (sulfide) groups is 1. The predicted molar refractivity (Wildman–Crippen MR) is 66.0 cm³/mol. The minimum absolute atomic E-state index is 0.0873. The maximum Gasteiger partial charge on any atom is 0.411 e. The zero-order chi connectivity index (χ0) is 13.0. The lowest BCUT2D eigenvalue weighted by molar-refractivity contribution is -0.141. The summed E-state index contributed by atoms with van der Waals surface area (Å²) < 4.78 is 5.11. The molecule has 0 aromatic heterocycles. The summed E-state index contributed by atoms with van der Waals surface area (Å²) in [4.78, 5) is 24.3. The van der Waals surface area contributed by atoms with E-state index in [1.807, 2.05) is 20.8 Å². The number of amides is 1. The predicted octanol–water partition coefficient (Wildman–Crippen LogP) is 2.02. The van der Waals surface area contributed by atoms with E-state index in [-0.39, 0.29) is 11.3 Å². The number of nitrogens with zero attached hydrogens (tertiary/aromatic N) is 1. The molecule has 1 amide bonds. The number of hydrogen-bond donors (Lipinski definition) is 1. The van der Waals surface area contributed by atoms with E-state index in [0.29, 0.717) is 12.4 Å². The second-order valence-corrected chi connectivity index (χ2v) is 5.64. The Bertz CT molecular complexity index is 295. The molecule has 6 heteroatoms. The quantitative estimate of drug-likeness (QED) is 0.838. The third-order valence-corrected chi connectivity index (χ3v) is 3.93. The van der Waals surface area contributed by atoms with Crippen LogP contribution in [-0.4, -0.2) is 45.8 Å². The minimum Gasteiger partial charge on any atom is -0.480 e. The van der Waals surface area contributed by atoms with Gasteiger partial charge in [0.15, 0.2) is 0 Å². The third-order valence-electron chi connectivity index (χ3n) is 2.48. The van der Waals surface area contributed by atoms with Crippen LogP contribution in [0.5, 0.6) is 0 Å². The molecule has 98 valence electrons. The number of carbonyl (C=O) groups excluding carboxylic acids is 1. The summed E-state index contributed by atoms with van der Waals surface area (Å²) in [6.07, 6.45) is 0.216. The Morgan fingerprint density at radius 2 is 2.18 bits per heavy atom. The Hall–Kier alpha value is -0.910. The van der Waals surface area contributed by atoms with Crippen LogP contribution in [0.4, 0.5) is 4.79 Å². The molecule has 2 atom stereocenters. The van der Waals surface area contributed by atoms with Crippen molar-refractivity contribution in [3.05, 3.63) is 0 Å². The highest BCUT2D eigenvalue weighted by molar-refractivity contribution is 8.00. The Labute approximate surface area is 105 Å². The summed E-state index contributed by atoms with van der Waals surface area (Å²) in [5.41, 5.74) is 0. The molecule has 0 saturated carbocycles. The maximum atomic E-state index is 11.9. The van der Waals surface area contributed by atoms with Gasteiger partial charge in [0, 0.05) is 5.75 Å². The maximum absolute atomic E-state index is 11.9. The lowest BCUT2D eigenvalue weighted by atomic mass is 10.2. The van der Waals surface area contributed by atoms with Crippen LogP contribution < -0.4 is 0 Å². The van der Waals surface area contributed by atoms with E-state index >= 15 is 0 Å². The molecule has 1 N–H and O–H groups in total. The molecule has 0 aliphatic carbocycles. The standard InChI is InChI=1S/C11H19NO4S/c1-4-9-12(8(6-17-9)10(13)14)11(15)16-5-7(2)3/h7-9H,4-6H2,1-3H3,(H,13,14). The normalized spacial score (nSPS) is 24.1. The summed E-state index contributed by atoms with van der Waals surface area (Å²) >= 11 is 1.49. The zero-order valence-electron chi connectivity index (χ0n) is 10.4. The minimum atomic E-state index is -0.963. The largest absolute Gasteiger partial charge is 0.480 e. The van der Waals surface area contributed by atoms with Crippen molar-refractivity contribution in [3.8, 4) is 0 Å². The summed E-state index contributed by atoms with van der Waals surface area (Å²) in [6, 6.07) is -0.760. The van der Waals surface area contributed by atoms with Crippen LogP contribution in [0.15, 0.2) is 0 Å². The van der Waals surface area contributed by atoms with E-state index in [9.17, 15) is 9.59 Å². The van der Waals surface area contributed by atoms with Gasteiger partial charge in [0.25, 0.3) is 0 Å². The molecule has 0 aromatic rings. The summed E-state index contributed by atoms with van der Waals surface area (Å²) in [5.74, 6) is -0.280. The van der Waals surface area contributed by atoms with Gasteiger partial charge in [-0.2, -0.15) is 0 Å². The smallest absolute Gasteiger partial charge is 0.411 e. The Balaban J connectivity index is 2.67. The molecular formula is C11H19NO4S. The molecule has 0 spiro atoms. The number of carboxylic acids is 1. The highest BCUT2D eigenvalue weighted by Crippen LogP contribution is 2.31. The number of ether oxygens (including phenoxy) is 1. The summed E-state index contributed by atoms with van der Waals surface area (Å²) in [7, 11) is 0. The average molecular weight is 261 g/mol. The van der Waals surface area contributed by atoms with Gasteiger partial charge in [-0.1, -0.05) is 20.8 Å². The third kappa shape index (κ3) is 3.52. The second-order valence-electron chi connectivity index (χ2n) is 4.43. The van der Waals surface area contributed by atoms with Crippen molar-refractivity contribution in [1.82, 2.24) is 4.90 Å². The van der Waals surface area contributed by atoms with Crippen LogP contribution >= 0.6 is 11.8 Å². The van der Waals surface area contributed by atoms with Crippen LogP contribution in [0.2, 0.25) is 0 Å². The van der Waals surface area contributed by atoms with E-state index in [0.717, 1.165) is 6.42 Å². The first-order chi connectivity index (χ1) is 7.97. The Kier molecular flexibility index (Phi) is 5.11. The van der Waals surface area contributed by atoms with Crippen molar-refractivity contribution in [2.24, 2.45) is 5.92 Å². The van der Waals surface area contributed by atoms with Crippen molar-refractivity contribution in [2.45, 2.75) is 38.6 Å². The zero-order valence-corrected chi connectivity index (χ0v) is 11.2. The van der Waals surface area contributed by atoms with Gasteiger partial charge in [-0.05, 0) is 12.3 Å². The fourth-order valence-electron chi connectivity index (χ4n) is 1.63. The fourth-order valence-corrected chi connectivity index (χ4v) is 2.96. The fraction of sp³-hybridized carbons (Fsp3) is 0.818. The van der Waals surface area contributed by atoms with Crippen LogP contribution in [0.25, 0.3) is 0 Å². The van der Waals surface area contributed by atoms with Crippen molar-refractivity contribution in [3.63, 3.8) is 0 Å². The molecule has 1 saturated heterocycles. The number of hydrogen-bond acceptors (Lipinski definition) is 4. The second kappa shape index (κ2) is 6.14. The molecule has 1 aliphatic heterocycles. The van der Waals surface area contributed by atoms with Crippen molar-refractivity contribution in [2.75, 3.05) is 12.4 Å². The van der Waals surface area contributed by atoms with Crippen LogP contribution in [0.1, 0.15) is 27.2 Å². The highest BCUT2D eigenvalue weighted by Gasteiger charge is 2.41. The lowest BCUT2D eigenvalue weighted by Gasteiger charge is -2.26. The van der Waals surface area contributed by atoms with E-state index < -0.39 is 18.1 Å². The van der Waals surface area contributed by atoms with Gasteiger partial charge in [0.1, 0.15) is 6.04 Å². The first-order valence-electron chi connectivity index (χ1n) is 5.76. The molecule has 1 heterocycles. The topological polar surface area (TPSA) is 66.8 Å². The van der Waals surface area contributed by atoms with E-state index in [1.54, 1.807) is 0 Å². The van der Waals surface area contributed by atoms with Gasteiger partial charge in [-0.15, -0.1) is 11.8 Å². The van der Waals surface area contributed by atoms with Gasteiger partial charge in [-0.3, -0.25) is 4.90 Å². The Morgan fingerprint density at radius 3 is 2.65 bits per heavy atom. The molecule has 2 unspecified atom stereocenters.